The highest BCUT2D eigenvalue weighted by atomic mass is 16.5. The molecule has 0 saturated carbocycles. The molecular formula is C23H35N3O6. The zero-order valence-electron chi connectivity index (χ0n) is 18.8. The fraction of sp³-hybridized carbons (Fsp3) is 0.609. The first-order valence-electron chi connectivity index (χ1n) is 11.2. The first-order chi connectivity index (χ1) is 15.4. The number of carboxylic acid groups (broad SMARTS) is 2. The van der Waals surface area contributed by atoms with Crippen LogP contribution in [0.4, 0.5) is 0 Å². The van der Waals surface area contributed by atoms with Gasteiger partial charge in [0.25, 0.3) is 0 Å². The molecule has 0 radical (unpaired) electrons. The first-order valence-corrected chi connectivity index (χ1v) is 11.2. The number of hydrogen-bond acceptors (Lipinski definition) is 6. The molecule has 0 atom stereocenters. The van der Waals surface area contributed by atoms with Crippen molar-refractivity contribution in [1.82, 2.24) is 15.1 Å². The van der Waals surface area contributed by atoms with Gasteiger partial charge in [-0.05, 0) is 43.5 Å². The summed E-state index contributed by atoms with van der Waals surface area (Å²) in [5.74, 6) is -3.23. The van der Waals surface area contributed by atoms with Crippen molar-refractivity contribution in [2.24, 2.45) is 5.92 Å². The minimum Gasteiger partial charge on any atom is -0.473 e. The molecular weight excluding hydrogens is 414 g/mol. The predicted molar refractivity (Wildman–Crippen MR) is 119 cm³/mol. The summed E-state index contributed by atoms with van der Waals surface area (Å²) < 4.78 is 5.35. The molecule has 9 heteroatoms. The first kappa shape index (κ1) is 25.8. The molecule has 2 fully saturated rings. The summed E-state index contributed by atoms with van der Waals surface area (Å²) in [5, 5.41) is 17.9. The van der Waals surface area contributed by atoms with Gasteiger partial charge in [-0.15, -0.1) is 0 Å². The lowest BCUT2D eigenvalue weighted by molar-refractivity contribution is -0.159. The van der Waals surface area contributed by atoms with Crippen molar-refractivity contribution in [2.75, 3.05) is 52.5 Å². The SMILES string of the molecule is CCc1ccc(CN2CCC(C(=O)NCCN3CCOCC3)CC2)cc1.O=C(O)C(=O)O. The van der Waals surface area contributed by atoms with Gasteiger partial charge in [0.1, 0.15) is 0 Å². The molecule has 1 aromatic carbocycles. The number of nitrogens with zero attached hydrogens (tertiary/aromatic N) is 2. The summed E-state index contributed by atoms with van der Waals surface area (Å²) in [6.45, 7) is 10.5. The molecule has 3 rings (SSSR count). The summed E-state index contributed by atoms with van der Waals surface area (Å²) in [5.41, 5.74) is 2.76. The van der Waals surface area contributed by atoms with Crippen molar-refractivity contribution >= 4 is 17.8 Å². The highest BCUT2D eigenvalue weighted by Gasteiger charge is 2.24. The van der Waals surface area contributed by atoms with E-state index in [4.69, 9.17) is 24.5 Å². The maximum atomic E-state index is 12.4. The van der Waals surface area contributed by atoms with Crippen molar-refractivity contribution < 1.29 is 29.3 Å². The molecule has 0 aliphatic carbocycles. The summed E-state index contributed by atoms with van der Waals surface area (Å²) in [7, 11) is 0. The van der Waals surface area contributed by atoms with Gasteiger partial charge in [-0.2, -0.15) is 0 Å². The number of likely N-dealkylation sites (tertiary alicyclic amines) is 1. The zero-order chi connectivity index (χ0) is 23.3. The molecule has 2 aliphatic heterocycles. The number of carbonyl (C=O) groups excluding carboxylic acids is 1. The second-order valence-electron chi connectivity index (χ2n) is 8.08. The second-order valence-corrected chi connectivity index (χ2v) is 8.08. The molecule has 0 bridgehead atoms. The Hall–Kier alpha value is -2.49. The van der Waals surface area contributed by atoms with E-state index in [1.165, 1.54) is 11.1 Å². The molecule has 178 valence electrons. The molecule has 0 spiro atoms. The van der Waals surface area contributed by atoms with Gasteiger partial charge >= 0.3 is 11.9 Å². The monoisotopic (exact) mass is 449 g/mol. The summed E-state index contributed by atoms with van der Waals surface area (Å²) in [4.78, 5) is 35.4. The molecule has 1 amide bonds. The van der Waals surface area contributed by atoms with Crippen molar-refractivity contribution in [3.63, 3.8) is 0 Å². The molecule has 1 aromatic rings. The quantitative estimate of drug-likeness (QED) is 0.529. The third-order valence-corrected chi connectivity index (χ3v) is 5.81. The molecule has 2 aliphatic rings. The number of benzene rings is 1. The van der Waals surface area contributed by atoms with Gasteiger partial charge in [-0.25, -0.2) is 9.59 Å². The van der Waals surface area contributed by atoms with E-state index in [1.807, 2.05) is 0 Å². The Morgan fingerprint density at radius 3 is 2.03 bits per heavy atom. The summed E-state index contributed by atoms with van der Waals surface area (Å²) in [6, 6.07) is 8.93. The van der Waals surface area contributed by atoms with E-state index in [1.54, 1.807) is 0 Å². The summed E-state index contributed by atoms with van der Waals surface area (Å²) >= 11 is 0. The van der Waals surface area contributed by atoms with E-state index in [0.29, 0.717) is 0 Å². The standard InChI is InChI=1S/C21H33N3O2.C2H2O4/c1-2-18-3-5-19(6-4-18)17-24-10-7-20(8-11-24)21(25)22-9-12-23-13-15-26-16-14-23;3-1(4)2(5)6/h3-6,20H,2,7-17H2,1H3,(H,22,25);(H,3,4)(H,5,6). The predicted octanol–water partition coefficient (Wildman–Crippen LogP) is 1.07. The van der Waals surface area contributed by atoms with Gasteiger partial charge in [0.15, 0.2) is 0 Å². The van der Waals surface area contributed by atoms with Crippen molar-refractivity contribution in [3.8, 4) is 0 Å². The molecule has 0 unspecified atom stereocenters. The lowest BCUT2D eigenvalue weighted by Gasteiger charge is -2.31. The zero-order valence-corrected chi connectivity index (χ0v) is 18.8. The number of amides is 1. The number of aliphatic carboxylic acids is 2. The van der Waals surface area contributed by atoms with Crippen LogP contribution >= 0.6 is 0 Å². The minimum absolute atomic E-state index is 0.179. The fourth-order valence-electron chi connectivity index (χ4n) is 3.80. The Labute approximate surface area is 189 Å². The minimum atomic E-state index is -1.82. The number of carboxylic acids is 2. The molecule has 2 saturated heterocycles. The van der Waals surface area contributed by atoms with Crippen LogP contribution in [0.1, 0.15) is 30.9 Å². The maximum Gasteiger partial charge on any atom is 0.414 e. The van der Waals surface area contributed by atoms with Crippen LogP contribution in [0.2, 0.25) is 0 Å². The average molecular weight is 450 g/mol. The fourth-order valence-corrected chi connectivity index (χ4v) is 3.80. The largest absolute Gasteiger partial charge is 0.473 e. The van der Waals surface area contributed by atoms with Gasteiger partial charge in [-0.3, -0.25) is 14.6 Å². The average Bonchev–Trinajstić information content (AvgIpc) is 2.81. The third kappa shape index (κ3) is 9.33. The Morgan fingerprint density at radius 2 is 1.50 bits per heavy atom. The van der Waals surface area contributed by atoms with Gasteiger partial charge in [0, 0.05) is 38.6 Å². The van der Waals surface area contributed by atoms with Crippen LogP contribution in [0.5, 0.6) is 0 Å². The normalized spacial score (nSPS) is 17.8. The maximum absolute atomic E-state index is 12.4. The van der Waals surface area contributed by atoms with E-state index < -0.39 is 11.9 Å². The number of rotatable bonds is 7. The van der Waals surface area contributed by atoms with Crippen LogP contribution in [-0.4, -0.2) is 90.3 Å². The van der Waals surface area contributed by atoms with Crippen LogP contribution < -0.4 is 5.32 Å². The Bertz CT molecular complexity index is 714. The van der Waals surface area contributed by atoms with Gasteiger partial charge < -0.3 is 20.3 Å². The van der Waals surface area contributed by atoms with Crippen molar-refractivity contribution in [3.05, 3.63) is 35.4 Å². The number of piperidine rings is 1. The highest BCUT2D eigenvalue weighted by molar-refractivity contribution is 6.27. The lowest BCUT2D eigenvalue weighted by Crippen LogP contribution is -2.44. The molecule has 3 N–H and O–H groups in total. The van der Waals surface area contributed by atoms with E-state index in [2.05, 4.69) is 46.3 Å². The van der Waals surface area contributed by atoms with Crippen LogP contribution in [0, 0.1) is 5.92 Å². The van der Waals surface area contributed by atoms with Crippen LogP contribution in [0.15, 0.2) is 24.3 Å². The van der Waals surface area contributed by atoms with Gasteiger partial charge in [0.05, 0.1) is 13.2 Å². The number of ether oxygens (including phenoxy) is 1. The van der Waals surface area contributed by atoms with Gasteiger partial charge in [0.2, 0.25) is 5.91 Å². The van der Waals surface area contributed by atoms with Crippen LogP contribution in [-0.2, 0) is 32.1 Å². The summed E-state index contributed by atoms with van der Waals surface area (Å²) in [6.07, 6.45) is 3.03. The third-order valence-electron chi connectivity index (χ3n) is 5.81. The highest BCUT2D eigenvalue weighted by Crippen LogP contribution is 2.19. The molecule has 9 nitrogen and oxygen atoms in total. The lowest BCUT2D eigenvalue weighted by atomic mass is 9.95. The van der Waals surface area contributed by atoms with E-state index in [-0.39, 0.29) is 11.8 Å². The topological polar surface area (TPSA) is 119 Å². The number of aryl methyl sites for hydroxylation is 1. The number of morpholine rings is 1. The van der Waals surface area contributed by atoms with E-state index in [9.17, 15) is 4.79 Å². The number of hydrogen-bond donors (Lipinski definition) is 3. The van der Waals surface area contributed by atoms with Crippen molar-refractivity contribution in [2.45, 2.75) is 32.7 Å². The molecule has 2 heterocycles. The Kier molecular flexibility index (Phi) is 11.1. The van der Waals surface area contributed by atoms with Crippen LogP contribution in [0.25, 0.3) is 0 Å². The van der Waals surface area contributed by atoms with Crippen molar-refractivity contribution in [1.29, 1.82) is 0 Å². The Morgan fingerprint density at radius 1 is 0.938 bits per heavy atom. The second kappa shape index (κ2) is 13.8. The van der Waals surface area contributed by atoms with E-state index in [0.717, 1.165) is 78.3 Å². The smallest absolute Gasteiger partial charge is 0.414 e. The number of nitrogens with one attached hydrogen (secondary N) is 1. The van der Waals surface area contributed by atoms with E-state index >= 15 is 0 Å². The van der Waals surface area contributed by atoms with Gasteiger partial charge in [-0.1, -0.05) is 31.2 Å². The van der Waals surface area contributed by atoms with Crippen LogP contribution in [0.3, 0.4) is 0 Å². The Balaban J connectivity index is 0.000000534. The number of carbonyl (C=O) groups is 3. The molecule has 0 aromatic heterocycles. The molecule has 32 heavy (non-hydrogen) atoms.